The van der Waals surface area contributed by atoms with Crippen molar-refractivity contribution in [3.05, 3.63) is 83.7 Å². The van der Waals surface area contributed by atoms with Crippen molar-refractivity contribution < 1.29 is 13.9 Å². The summed E-state index contributed by atoms with van der Waals surface area (Å²) in [5.74, 6) is 0.610. The highest BCUT2D eigenvalue weighted by molar-refractivity contribution is 7.99. The number of aryl methyl sites for hydroxylation is 2. The van der Waals surface area contributed by atoms with Gasteiger partial charge >= 0.3 is 0 Å². The van der Waals surface area contributed by atoms with Crippen molar-refractivity contribution >= 4 is 23.4 Å². The third-order valence-electron chi connectivity index (χ3n) is 5.20. The molecule has 4 rings (SSSR count). The number of rotatable bonds is 7. The Labute approximate surface area is 195 Å². The molecule has 0 radical (unpaired) electrons. The lowest BCUT2D eigenvalue weighted by atomic mass is 10.1. The van der Waals surface area contributed by atoms with Crippen molar-refractivity contribution in [3.8, 4) is 22.8 Å². The second kappa shape index (κ2) is 9.87. The maximum Gasteiger partial charge on any atom is 0.234 e. The van der Waals surface area contributed by atoms with Gasteiger partial charge in [-0.1, -0.05) is 30.0 Å². The number of carbonyl (C=O) groups is 1. The number of nitrogens with zero attached hydrogens (tertiary/aromatic N) is 3. The number of thioether (sulfide) groups is 1. The predicted octanol–water partition coefficient (Wildman–Crippen LogP) is 5.43. The SMILES string of the molecule is COc1ccc(-n2c(SCC(=O)Nc3ccc(C)c(C)c3)nnc2-c2ccccc2F)cc1. The number of hydrogen-bond donors (Lipinski definition) is 1. The molecule has 6 nitrogen and oxygen atoms in total. The second-order valence-corrected chi connectivity index (χ2v) is 8.40. The van der Waals surface area contributed by atoms with Gasteiger partial charge in [0.25, 0.3) is 0 Å². The van der Waals surface area contributed by atoms with E-state index in [1.807, 2.05) is 44.2 Å². The van der Waals surface area contributed by atoms with Crippen LogP contribution in [-0.2, 0) is 4.79 Å². The minimum Gasteiger partial charge on any atom is -0.497 e. The number of amides is 1. The summed E-state index contributed by atoms with van der Waals surface area (Å²) in [4.78, 5) is 12.6. The Morgan fingerprint density at radius 2 is 1.79 bits per heavy atom. The van der Waals surface area contributed by atoms with E-state index in [0.29, 0.717) is 22.3 Å². The fraction of sp³-hybridized carbons (Fsp3) is 0.160. The molecule has 1 amide bonds. The van der Waals surface area contributed by atoms with E-state index in [2.05, 4.69) is 15.5 Å². The monoisotopic (exact) mass is 462 g/mol. The molecular weight excluding hydrogens is 439 g/mol. The number of carbonyl (C=O) groups excluding carboxylic acids is 1. The number of halogens is 1. The normalized spacial score (nSPS) is 10.8. The molecule has 8 heteroatoms. The summed E-state index contributed by atoms with van der Waals surface area (Å²) in [5.41, 5.74) is 4.07. The lowest BCUT2D eigenvalue weighted by molar-refractivity contribution is -0.113. The number of nitrogens with one attached hydrogen (secondary N) is 1. The van der Waals surface area contributed by atoms with Crippen LogP contribution in [0.2, 0.25) is 0 Å². The molecule has 0 bridgehead atoms. The predicted molar refractivity (Wildman–Crippen MR) is 129 cm³/mol. The third-order valence-corrected chi connectivity index (χ3v) is 6.13. The van der Waals surface area contributed by atoms with E-state index in [4.69, 9.17) is 4.74 Å². The van der Waals surface area contributed by atoms with E-state index in [1.54, 1.807) is 42.0 Å². The lowest BCUT2D eigenvalue weighted by Gasteiger charge is -2.12. The van der Waals surface area contributed by atoms with Crippen LogP contribution in [0.25, 0.3) is 17.1 Å². The van der Waals surface area contributed by atoms with Gasteiger partial charge in [0.1, 0.15) is 11.6 Å². The number of hydrogen-bond acceptors (Lipinski definition) is 5. The fourth-order valence-corrected chi connectivity index (χ4v) is 4.04. The van der Waals surface area contributed by atoms with Crippen LogP contribution in [0.3, 0.4) is 0 Å². The van der Waals surface area contributed by atoms with Crippen LogP contribution >= 0.6 is 11.8 Å². The Bertz CT molecular complexity index is 1290. The summed E-state index contributed by atoms with van der Waals surface area (Å²) in [6, 6.07) is 19.5. The minimum absolute atomic E-state index is 0.123. The smallest absolute Gasteiger partial charge is 0.234 e. The largest absolute Gasteiger partial charge is 0.497 e. The van der Waals surface area contributed by atoms with Crippen LogP contribution in [0.4, 0.5) is 10.1 Å². The highest BCUT2D eigenvalue weighted by atomic mass is 32.2. The van der Waals surface area contributed by atoms with Crippen molar-refractivity contribution in [2.45, 2.75) is 19.0 Å². The van der Waals surface area contributed by atoms with Crippen LogP contribution < -0.4 is 10.1 Å². The molecule has 168 valence electrons. The van der Waals surface area contributed by atoms with Gasteiger partial charge in [0, 0.05) is 5.69 Å². The van der Waals surface area contributed by atoms with Gasteiger partial charge in [0.2, 0.25) is 5.91 Å². The second-order valence-electron chi connectivity index (χ2n) is 7.46. The molecule has 1 heterocycles. The Kier molecular flexibility index (Phi) is 6.74. The molecule has 0 aliphatic heterocycles. The lowest BCUT2D eigenvalue weighted by Crippen LogP contribution is -2.14. The zero-order chi connectivity index (χ0) is 23.4. The molecule has 4 aromatic rings. The first-order valence-corrected chi connectivity index (χ1v) is 11.3. The van der Waals surface area contributed by atoms with Gasteiger partial charge < -0.3 is 10.1 Å². The molecular formula is C25H23FN4O2S. The van der Waals surface area contributed by atoms with Gasteiger partial charge in [-0.05, 0) is 73.5 Å². The third kappa shape index (κ3) is 5.06. The molecule has 0 aliphatic carbocycles. The summed E-state index contributed by atoms with van der Waals surface area (Å²) in [6.45, 7) is 4.03. The quantitative estimate of drug-likeness (QED) is 0.371. The van der Waals surface area contributed by atoms with E-state index in [-0.39, 0.29) is 11.7 Å². The maximum atomic E-state index is 14.5. The highest BCUT2D eigenvalue weighted by Gasteiger charge is 2.19. The Morgan fingerprint density at radius 3 is 2.48 bits per heavy atom. The summed E-state index contributed by atoms with van der Waals surface area (Å²) in [5, 5.41) is 11.9. The van der Waals surface area contributed by atoms with E-state index in [9.17, 15) is 9.18 Å². The Hall–Kier alpha value is -3.65. The van der Waals surface area contributed by atoms with Crippen molar-refractivity contribution in [2.75, 3.05) is 18.2 Å². The summed E-state index contributed by atoms with van der Waals surface area (Å²) < 4.78 is 21.5. The van der Waals surface area contributed by atoms with Crippen LogP contribution in [0.5, 0.6) is 5.75 Å². The van der Waals surface area contributed by atoms with E-state index in [1.165, 1.54) is 17.8 Å². The first kappa shape index (κ1) is 22.5. The molecule has 33 heavy (non-hydrogen) atoms. The minimum atomic E-state index is -0.399. The number of methoxy groups -OCH3 is 1. The number of aromatic nitrogens is 3. The van der Waals surface area contributed by atoms with Crippen LogP contribution in [0, 0.1) is 19.7 Å². The molecule has 0 saturated heterocycles. The molecule has 0 aliphatic rings. The van der Waals surface area contributed by atoms with Crippen LogP contribution in [-0.4, -0.2) is 33.5 Å². The van der Waals surface area contributed by atoms with Crippen molar-refractivity contribution in [1.29, 1.82) is 0 Å². The van der Waals surface area contributed by atoms with Crippen molar-refractivity contribution in [1.82, 2.24) is 14.8 Å². The van der Waals surface area contributed by atoms with Gasteiger partial charge in [-0.25, -0.2) is 4.39 Å². The Morgan fingerprint density at radius 1 is 1.03 bits per heavy atom. The number of anilines is 1. The number of ether oxygens (including phenoxy) is 1. The van der Waals surface area contributed by atoms with Crippen LogP contribution in [0.1, 0.15) is 11.1 Å². The van der Waals surface area contributed by atoms with E-state index >= 15 is 0 Å². The fourth-order valence-electron chi connectivity index (χ4n) is 3.29. The van der Waals surface area contributed by atoms with Crippen molar-refractivity contribution in [3.63, 3.8) is 0 Å². The van der Waals surface area contributed by atoms with Gasteiger partial charge in [0.15, 0.2) is 11.0 Å². The molecule has 0 saturated carbocycles. The molecule has 0 spiro atoms. The standard InChI is InChI=1S/C25H23FN4O2S/c1-16-8-9-18(14-17(16)2)27-23(31)15-33-25-29-28-24(21-6-4-5-7-22(21)26)30(25)19-10-12-20(32-3)13-11-19/h4-14H,15H2,1-3H3,(H,27,31). The van der Waals surface area contributed by atoms with Gasteiger partial charge in [-0.15, -0.1) is 10.2 Å². The zero-order valence-corrected chi connectivity index (χ0v) is 19.3. The number of benzene rings is 3. The first-order chi connectivity index (χ1) is 16.0. The van der Waals surface area contributed by atoms with E-state index < -0.39 is 5.82 Å². The first-order valence-electron chi connectivity index (χ1n) is 10.3. The van der Waals surface area contributed by atoms with Gasteiger partial charge in [0.05, 0.1) is 24.1 Å². The highest BCUT2D eigenvalue weighted by Crippen LogP contribution is 2.30. The van der Waals surface area contributed by atoms with Gasteiger partial charge in [-0.3, -0.25) is 9.36 Å². The molecule has 0 fully saturated rings. The topological polar surface area (TPSA) is 69.0 Å². The van der Waals surface area contributed by atoms with Crippen molar-refractivity contribution in [2.24, 2.45) is 0 Å². The molecule has 1 N–H and O–H groups in total. The molecule has 3 aromatic carbocycles. The maximum absolute atomic E-state index is 14.5. The summed E-state index contributed by atoms with van der Waals surface area (Å²) >= 11 is 1.23. The molecule has 0 unspecified atom stereocenters. The van der Waals surface area contributed by atoms with E-state index in [0.717, 1.165) is 22.5 Å². The van der Waals surface area contributed by atoms with Gasteiger partial charge in [-0.2, -0.15) is 0 Å². The summed E-state index contributed by atoms with van der Waals surface area (Å²) in [6.07, 6.45) is 0. The molecule has 1 aromatic heterocycles. The Balaban J connectivity index is 1.61. The average Bonchev–Trinajstić information content (AvgIpc) is 3.24. The zero-order valence-electron chi connectivity index (χ0n) is 18.5. The molecule has 0 atom stereocenters. The summed E-state index contributed by atoms with van der Waals surface area (Å²) in [7, 11) is 1.59. The van der Waals surface area contributed by atoms with Crippen LogP contribution in [0.15, 0.2) is 71.9 Å². The average molecular weight is 463 g/mol.